The molecule has 1 aromatic carbocycles. The van der Waals surface area contributed by atoms with Gasteiger partial charge in [0.15, 0.2) is 0 Å². The quantitative estimate of drug-likeness (QED) is 0.480. The van der Waals surface area contributed by atoms with Crippen LogP contribution in [0.3, 0.4) is 0 Å². The van der Waals surface area contributed by atoms with E-state index >= 15 is 0 Å². The van der Waals surface area contributed by atoms with Crippen LogP contribution in [0.25, 0.3) is 0 Å². The third-order valence-electron chi connectivity index (χ3n) is 3.11. The SMILES string of the molecule is NNc1cc(C(=O)N2CCCOCC2)ccc1[N+](=O)[O-]. The summed E-state index contributed by atoms with van der Waals surface area (Å²) >= 11 is 0. The molecular formula is C12H16N4O4. The molecule has 0 spiro atoms. The molecule has 0 atom stereocenters. The maximum Gasteiger partial charge on any atom is 0.293 e. The van der Waals surface area contributed by atoms with Gasteiger partial charge in [-0.3, -0.25) is 20.8 Å². The number of rotatable bonds is 3. The summed E-state index contributed by atoms with van der Waals surface area (Å²) in [7, 11) is 0. The number of ether oxygens (including phenoxy) is 1. The average Bonchev–Trinajstić information content (AvgIpc) is 2.74. The zero-order chi connectivity index (χ0) is 14.5. The van der Waals surface area contributed by atoms with E-state index < -0.39 is 4.92 Å². The summed E-state index contributed by atoms with van der Waals surface area (Å²) in [5, 5.41) is 10.8. The second-order valence-corrected chi connectivity index (χ2v) is 4.39. The maximum absolute atomic E-state index is 12.3. The first-order valence-electron chi connectivity index (χ1n) is 6.25. The largest absolute Gasteiger partial charge is 0.380 e. The first-order chi connectivity index (χ1) is 9.63. The number of carbonyl (C=O) groups is 1. The van der Waals surface area contributed by atoms with Crippen molar-refractivity contribution in [2.24, 2.45) is 5.84 Å². The number of carbonyl (C=O) groups excluding carboxylic acids is 1. The number of benzene rings is 1. The lowest BCUT2D eigenvalue weighted by molar-refractivity contribution is -0.384. The van der Waals surface area contributed by atoms with Gasteiger partial charge >= 0.3 is 0 Å². The van der Waals surface area contributed by atoms with Crippen molar-refractivity contribution in [3.8, 4) is 0 Å². The minimum Gasteiger partial charge on any atom is -0.380 e. The number of amides is 1. The van der Waals surface area contributed by atoms with Crippen molar-refractivity contribution in [2.75, 3.05) is 31.7 Å². The number of nitro benzene ring substituents is 1. The molecule has 1 aromatic rings. The molecule has 20 heavy (non-hydrogen) atoms. The lowest BCUT2D eigenvalue weighted by Crippen LogP contribution is -2.33. The number of nitrogen functional groups attached to an aromatic ring is 1. The van der Waals surface area contributed by atoms with Crippen molar-refractivity contribution in [1.82, 2.24) is 4.90 Å². The Labute approximate surface area is 115 Å². The van der Waals surface area contributed by atoms with Gasteiger partial charge in [0.1, 0.15) is 5.69 Å². The molecule has 1 aliphatic heterocycles. The number of anilines is 1. The lowest BCUT2D eigenvalue weighted by Gasteiger charge is -2.19. The predicted molar refractivity (Wildman–Crippen MR) is 72.2 cm³/mol. The lowest BCUT2D eigenvalue weighted by atomic mass is 10.1. The van der Waals surface area contributed by atoms with E-state index in [1.165, 1.54) is 18.2 Å². The molecule has 0 bridgehead atoms. The van der Waals surface area contributed by atoms with Crippen molar-refractivity contribution in [1.29, 1.82) is 0 Å². The van der Waals surface area contributed by atoms with Crippen LogP contribution in [0.15, 0.2) is 18.2 Å². The minimum absolute atomic E-state index is 0.118. The van der Waals surface area contributed by atoms with Crippen LogP contribution < -0.4 is 11.3 Å². The van der Waals surface area contributed by atoms with E-state index in [1.807, 2.05) is 0 Å². The molecule has 1 heterocycles. The zero-order valence-electron chi connectivity index (χ0n) is 10.9. The van der Waals surface area contributed by atoms with Crippen LogP contribution in [0.1, 0.15) is 16.8 Å². The Morgan fingerprint density at radius 1 is 1.40 bits per heavy atom. The fraction of sp³-hybridized carbons (Fsp3) is 0.417. The molecule has 1 saturated heterocycles. The van der Waals surface area contributed by atoms with Gasteiger partial charge in [-0.2, -0.15) is 0 Å². The van der Waals surface area contributed by atoms with Gasteiger partial charge in [-0.25, -0.2) is 0 Å². The number of hydrogen-bond acceptors (Lipinski definition) is 6. The summed E-state index contributed by atoms with van der Waals surface area (Å²) < 4.78 is 5.29. The monoisotopic (exact) mass is 280 g/mol. The Hall–Kier alpha value is -2.19. The Balaban J connectivity index is 2.23. The Bertz CT molecular complexity index is 512. The summed E-state index contributed by atoms with van der Waals surface area (Å²) in [4.78, 5) is 24.3. The number of nitro groups is 1. The standard InChI is InChI=1S/C12H16N4O4/c13-14-10-8-9(2-3-11(10)16(18)19)12(17)15-4-1-6-20-7-5-15/h2-3,8,14H,1,4-7,13H2. The average molecular weight is 280 g/mol. The van der Waals surface area contributed by atoms with E-state index in [2.05, 4.69) is 5.43 Å². The van der Waals surface area contributed by atoms with Gasteiger partial charge in [0.25, 0.3) is 11.6 Å². The van der Waals surface area contributed by atoms with E-state index in [-0.39, 0.29) is 17.3 Å². The Morgan fingerprint density at radius 2 is 2.20 bits per heavy atom. The van der Waals surface area contributed by atoms with Crippen LogP contribution in [0.4, 0.5) is 11.4 Å². The zero-order valence-corrected chi connectivity index (χ0v) is 10.9. The Kier molecular flexibility index (Phi) is 4.49. The number of hydrazine groups is 1. The molecule has 0 saturated carbocycles. The van der Waals surface area contributed by atoms with E-state index in [9.17, 15) is 14.9 Å². The summed E-state index contributed by atoms with van der Waals surface area (Å²) in [5.74, 6) is 5.08. The van der Waals surface area contributed by atoms with Gasteiger partial charge in [0.2, 0.25) is 0 Å². The molecule has 1 fully saturated rings. The molecule has 8 nitrogen and oxygen atoms in total. The van der Waals surface area contributed by atoms with E-state index in [0.29, 0.717) is 31.9 Å². The van der Waals surface area contributed by atoms with Crippen LogP contribution in [0, 0.1) is 10.1 Å². The smallest absolute Gasteiger partial charge is 0.293 e. The van der Waals surface area contributed by atoms with E-state index in [1.54, 1.807) is 4.90 Å². The van der Waals surface area contributed by atoms with Gasteiger partial charge in [-0.05, 0) is 18.6 Å². The highest BCUT2D eigenvalue weighted by molar-refractivity contribution is 5.96. The van der Waals surface area contributed by atoms with Crippen molar-refractivity contribution in [3.05, 3.63) is 33.9 Å². The summed E-state index contributed by atoms with van der Waals surface area (Å²) in [6.45, 7) is 2.27. The summed E-state index contributed by atoms with van der Waals surface area (Å²) in [5.41, 5.74) is 2.57. The molecule has 8 heteroatoms. The van der Waals surface area contributed by atoms with Crippen molar-refractivity contribution in [2.45, 2.75) is 6.42 Å². The number of nitrogens with two attached hydrogens (primary N) is 1. The second kappa shape index (κ2) is 6.31. The predicted octanol–water partition coefficient (Wildman–Crippen LogP) is 0.743. The highest BCUT2D eigenvalue weighted by atomic mass is 16.6. The fourth-order valence-electron chi connectivity index (χ4n) is 2.08. The van der Waals surface area contributed by atoms with Crippen LogP contribution in [-0.2, 0) is 4.74 Å². The molecule has 1 amide bonds. The molecule has 2 rings (SSSR count). The van der Waals surface area contributed by atoms with E-state index in [0.717, 1.165) is 6.42 Å². The van der Waals surface area contributed by atoms with E-state index in [4.69, 9.17) is 10.6 Å². The van der Waals surface area contributed by atoms with Crippen molar-refractivity contribution >= 4 is 17.3 Å². The van der Waals surface area contributed by atoms with Gasteiger partial charge < -0.3 is 15.1 Å². The van der Waals surface area contributed by atoms with Gasteiger partial charge in [-0.1, -0.05) is 0 Å². The van der Waals surface area contributed by atoms with Gasteiger partial charge in [0, 0.05) is 31.3 Å². The normalized spacial score (nSPS) is 15.6. The molecule has 0 aliphatic carbocycles. The third kappa shape index (κ3) is 3.03. The first-order valence-corrected chi connectivity index (χ1v) is 6.25. The van der Waals surface area contributed by atoms with Crippen LogP contribution in [0.5, 0.6) is 0 Å². The fourth-order valence-corrected chi connectivity index (χ4v) is 2.08. The second-order valence-electron chi connectivity index (χ2n) is 4.39. The minimum atomic E-state index is -0.552. The molecule has 1 aliphatic rings. The molecule has 0 unspecified atom stereocenters. The Morgan fingerprint density at radius 3 is 2.90 bits per heavy atom. The van der Waals surface area contributed by atoms with Crippen molar-refractivity contribution in [3.63, 3.8) is 0 Å². The highest BCUT2D eigenvalue weighted by Gasteiger charge is 2.21. The molecular weight excluding hydrogens is 264 g/mol. The molecule has 108 valence electrons. The topological polar surface area (TPSA) is 111 Å². The first kappa shape index (κ1) is 14.2. The van der Waals surface area contributed by atoms with Crippen LogP contribution in [-0.4, -0.2) is 42.0 Å². The van der Waals surface area contributed by atoms with Crippen LogP contribution >= 0.6 is 0 Å². The summed E-state index contributed by atoms with van der Waals surface area (Å²) in [6, 6.07) is 4.11. The maximum atomic E-state index is 12.3. The number of nitrogens with zero attached hydrogens (tertiary/aromatic N) is 2. The number of hydrogen-bond donors (Lipinski definition) is 2. The molecule has 0 aromatic heterocycles. The van der Waals surface area contributed by atoms with Gasteiger partial charge in [-0.15, -0.1) is 0 Å². The third-order valence-corrected chi connectivity index (χ3v) is 3.11. The highest BCUT2D eigenvalue weighted by Crippen LogP contribution is 2.25. The van der Waals surface area contributed by atoms with Crippen molar-refractivity contribution < 1.29 is 14.5 Å². The molecule has 3 N–H and O–H groups in total. The molecule has 0 radical (unpaired) electrons. The summed E-state index contributed by atoms with van der Waals surface area (Å²) in [6.07, 6.45) is 0.778. The van der Waals surface area contributed by atoms with Gasteiger partial charge in [0.05, 0.1) is 11.5 Å². The number of nitrogens with one attached hydrogen (secondary N) is 1. The van der Waals surface area contributed by atoms with Crippen LogP contribution in [0.2, 0.25) is 0 Å².